The predicted octanol–water partition coefficient (Wildman–Crippen LogP) is 2.27. The molecule has 2 aliphatic carbocycles. The lowest BCUT2D eigenvalue weighted by Gasteiger charge is -2.29. The number of hydrogen-bond acceptors (Lipinski definition) is 3. The maximum atomic E-state index is 4.92. The van der Waals surface area contributed by atoms with Crippen molar-refractivity contribution in [3.63, 3.8) is 0 Å². The molecule has 0 bridgehead atoms. The van der Waals surface area contributed by atoms with Crippen molar-refractivity contribution in [1.82, 2.24) is 15.3 Å². The molecule has 0 radical (unpaired) electrons. The second-order valence-corrected chi connectivity index (χ2v) is 5.72. The third-order valence-electron chi connectivity index (χ3n) is 4.42. The first-order chi connectivity index (χ1) is 8.42. The maximum absolute atomic E-state index is 4.92. The summed E-state index contributed by atoms with van der Waals surface area (Å²) in [6.07, 6.45) is 7.77. The van der Waals surface area contributed by atoms with E-state index in [0.29, 0.717) is 5.92 Å². The van der Waals surface area contributed by atoms with Crippen LogP contribution in [0.15, 0.2) is 0 Å². The standard InChI is InChI=1S/C14H19N3/c1-2-9(3-1)13-11-8-15-7-6-12(11)16-14(17-13)10-4-5-10/h9-10,15H,1-8H2. The smallest absolute Gasteiger partial charge is 0.131 e. The summed E-state index contributed by atoms with van der Waals surface area (Å²) in [5, 5.41) is 3.47. The van der Waals surface area contributed by atoms with Crippen molar-refractivity contribution < 1.29 is 0 Å². The molecule has 3 nitrogen and oxygen atoms in total. The highest BCUT2D eigenvalue weighted by Crippen LogP contribution is 2.42. The van der Waals surface area contributed by atoms with Gasteiger partial charge in [0.15, 0.2) is 0 Å². The molecule has 4 rings (SSSR count). The minimum Gasteiger partial charge on any atom is -0.312 e. The lowest BCUT2D eigenvalue weighted by atomic mass is 9.80. The van der Waals surface area contributed by atoms with Crippen molar-refractivity contribution in [2.24, 2.45) is 0 Å². The summed E-state index contributed by atoms with van der Waals surface area (Å²) in [5.74, 6) is 2.59. The minimum atomic E-state index is 0.689. The van der Waals surface area contributed by atoms with Gasteiger partial charge in [-0.05, 0) is 25.7 Å². The lowest BCUT2D eigenvalue weighted by Crippen LogP contribution is -2.29. The highest BCUT2D eigenvalue weighted by Gasteiger charge is 2.32. The van der Waals surface area contributed by atoms with Crippen LogP contribution in [0.5, 0.6) is 0 Å². The van der Waals surface area contributed by atoms with Gasteiger partial charge < -0.3 is 5.32 Å². The fourth-order valence-electron chi connectivity index (χ4n) is 2.93. The molecule has 0 atom stereocenters. The molecule has 3 aliphatic rings. The topological polar surface area (TPSA) is 37.8 Å². The van der Waals surface area contributed by atoms with Crippen LogP contribution in [0.1, 0.15) is 66.7 Å². The van der Waals surface area contributed by atoms with E-state index in [1.54, 1.807) is 0 Å². The molecular formula is C14H19N3. The molecule has 1 N–H and O–H groups in total. The SMILES string of the molecule is C1CC(c2nc(C3CC3)nc3c2CNCC3)C1. The van der Waals surface area contributed by atoms with Gasteiger partial charge in [0.05, 0.1) is 11.4 Å². The molecule has 1 aliphatic heterocycles. The van der Waals surface area contributed by atoms with Gasteiger partial charge in [-0.1, -0.05) is 6.42 Å². The molecule has 17 heavy (non-hydrogen) atoms. The average molecular weight is 229 g/mol. The van der Waals surface area contributed by atoms with Crippen LogP contribution >= 0.6 is 0 Å². The van der Waals surface area contributed by atoms with Gasteiger partial charge in [0.25, 0.3) is 0 Å². The second-order valence-electron chi connectivity index (χ2n) is 5.72. The summed E-state index contributed by atoms with van der Waals surface area (Å²) >= 11 is 0. The molecule has 2 heterocycles. The van der Waals surface area contributed by atoms with Crippen molar-refractivity contribution >= 4 is 0 Å². The second kappa shape index (κ2) is 3.77. The molecule has 0 aromatic carbocycles. The zero-order valence-electron chi connectivity index (χ0n) is 10.2. The summed E-state index contributed by atoms with van der Waals surface area (Å²) in [5.41, 5.74) is 4.18. The lowest BCUT2D eigenvalue weighted by molar-refractivity contribution is 0.402. The molecule has 0 amide bonds. The largest absolute Gasteiger partial charge is 0.312 e. The van der Waals surface area contributed by atoms with Crippen molar-refractivity contribution in [3.8, 4) is 0 Å². The Labute approximate surface area is 102 Å². The number of hydrogen-bond donors (Lipinski definition) is 1. The molecule has 1 aromatic heterocycles. The van der Waals surface area contributed by atoms with E-state index in [1.165, 1.54) is 49.1 Å². The van der Waals surface area contributed by atoms with E-state index >= 15 is 0 Å². The van der Waals surface area contributed by atoms with Crippen LogP contribution in [-0.4, -0.2) is 16.5 Å². The van der Waals surface area contributed by atoms with Gasteiger partial charge in [-0.3, -0.25) is 0 Å². The summed E-state index contributed by atoms with van der Waals surface area (Å²) in [6.45, 7) is 2.07. The Hall–Kier alpha value is -0.960. The van der Waals surface area contributed by atoms with E-state index in [-0.39, 0.29) is 0 Å². The summed E-state index contributed by atoms with van der Waals surface area (Å²) in [6, 6.07) is 0. The monoisotopic (exact) mass is 229 g/mol. The van der Waals surface area contributed by atoms with E-state index in [0.717, 1.165) is 31.3 Å². The highest BCUT2D eigenvalue weighted by molar-refractivity contribution is 5.33. The molecule has 0 saturated heterocycles. The van der Waals surface area contributed by atoms with Crippen LogP contribution in [0.3, 0.4) is 0 Å². The fourth-order valence-corrected chi connectivity index (χ4v) is 2.93. The van der Waals surface area contributed by atoms with E-state index in [2.05, 4.69) is 5.32 Å². The van der Waals surface area contributed by atoms with Crippen LogP contribution in [0.4, 0.5) is 0 Å². The summed E-state index contributed by atoms with van der Waals surface area (Å²) < 4.78 is 0. The number of fused-ring (bicyclic) bond motifs is 1. The van der Waals surface area contributed by atoms with Gasteiger partial charge in [-0.2, -0.15) is 0 Å². The number of aromatic nitrogens is 2. The maximum Gasteiger partial charge on any atom is 0.131 e. The van der Waals surface area contributed by atoms with Crippen LogP contribution < -0.4 is 5.32 Å². The third-order valence-corrected chi connectivity index (χ3v) is 4.42. The van der Waals surface area contributed by atoms with E-state index in [4.69, 9.17) is 9.97 Å². The summed E-state index contributed by atoms with van der Waals surface area (Å²) in [4.78, 5) is 9.74. The van der Waals surface area contributed by atoms with E-state index in [1.807, 2.05) is 0 Å². The van der Waals surface area contributed by atoms with Crippen molar-refractivity contribution in [2.75, 3.05) is 6.54 Å². The van der Waals surface area contributed by atoms with Gasteiger partial charge in [-0.25, -0.2) is 9.97 Å². The Kier molecular flexibility index (Phi) is 2.22. The minimum absolute atomic E-state index is 0.689. The fraction of sp³-hybridized carbons (Fsp3) is 0.714. The number of rotatable bonds is 2. The zero-order valence-corrected chi connectivity index (χ0v) is 10.2. The van der Waals surface area contributed by atoms with Crippen molar-refractivity contribution in [2.45, 2.75) is 56.9 Å². The van der Waals surface area contributed by atoms with Crippen LogP contribution in [-0.2, 0) is 13.0 Å². The van der Waals surface area contributed by atoms with Gasteiger partial charge in [0.1, 0.15) is 5.82 Å². The molecule has 1 aromatic rings. The Morgan fingerprint density at radius 1 is 1.00 bits per heavy atom. The van der Waals surface area contributed by atoms with Gasteiger partial charge in [0.2, 0.25) is 0 Å². The normalized spacial score (nSPS) is 24.2. The molecule has 0 spiro atoms. The van der Waals surface area contributed by atoms with Gasteiger partial charge in [-0.15, -0.1) is 0 Å². The first-order valence-corrected chi connectivity index (χ1v) is 7.02. The number of nitrogens with zero attached hydrogens (tertiary/aromatic N) is 2. The van der Waals surface area contributed by atoms with Gasteiger partial charge in [0, 0.05) is 36.9 Å². The van der Waals surface area contributed by atoms with Crippen molar-refractivity contribution in [1.29, 1.82) is 0 Å². The molecule has 2 fully saturated rings. The molecule has 0 unspecified atom stereocenters. The van der Waals surface area contributed by atoms with E-state index in [9.17, 15) is 0 Å². The first kappa shape index (κ1) is 10.0. The quantitative estimate of drug-likeness (QED) is 0.845. The van der Waals surface area contributed by atoms with Crippen LogP contribution in [0.25, 0.3) is 0 Å². The van der Waals surface area contributed by atoms with Crippen LogP contribution in [0, 0.1) is 0 Å². The Balaban J connectivity index is 1.80. The molecule has 2 saturated carbocycles. The zero-order chi connectivity index (χ0) is 11.2. The third kappa shape index (κ3) is 1.68. The average Bonchev–Trinajstić information content (AvgIpc) is 3.10. The Morgan fingerprint density at radius 2 is 1.88 bits per heavy atom. The predicted molar refractivity (Wildman–Crippen MR) is 66.0 cm³/mol. The Bertz CT molecular complexity index is 447. The van der Waals surface area contributed by atoms with Crippen LogP contribution in [0.2, 0.25) is 0 Å². The Morgan fingerprint density at radius 3 is 2.59 bits per heavy atom. The highest BCUT2D eigenvalue weighted by atomic mass is 15.0. The molecule has 3 heteroatoms. The van der Waals surface area contributed by atoms with Gasteiger partial charge >= 0.3 is 0 Å². The van der Waals surface area contributed by atoms with E-state index < -0.39 is 0 Å². The number of nitrogens with one attached hydrogen (secondary N) is 1. The summed E-state index contributed by atoms with van der Waals surface area (Å²) in [7, 11) is 0. The molecular weight excluding hydrogens is 210 g/mol. The van der Waals surface area contributed by atoms with Crippen molar-refractivity contribution in [3.05, 3.63) is 22.8 Å². The first-order valence-electron chi connectivity index (χ1n) is 7.02. The molecule has 90 valence electrons.